The molecule has 0 aromatic rings. The van der Waals surface area contributed by atoms with Crippen molar-refractivity contribution >= 4 is 8.32 Å². The minimum absolute atomic E-state index is 0.262. The third kappa shape index (κ3) is 5.13. The first kappa shape index (κ1) is 18.1. The molecule has 0 bridgehead atoms. The van der Waals surface area contributed by atoms with E-state index in [1.807, 2.05) is 0 Å². The SMILES string of the molecule is C[C@H]1C[C@H](CO[Si](C)(C)C(C)(C)C)O[C@H]1CCCCO. The van der Waals surface area contributed by atoms with E-state index in [-0.39, 0.29) is 11.1 Å². The second-order valence-electron chi connectivity index (χ2n) is 7.80. The quantitative estimate of drug-likeness (QED) is 0.571. The second-order valence-corrected chi connectivity index (χ2v) is 12.6. The van der Waals surface area contributed by atoms with Crippen LogP contribution in [0.15, 0.2) is 0 Å². The van der Waals surface area contributed by atoms with Gasteiger partial charge in [-0.05, 0) is 49.7 Å². The van der Waals surface area contributed by atoms with Crippen LogP contribution in [-0.4, -0.2) is 38.8 Å². The van der Waals surface area contributed by atoms with Crippen LogP contribution in [-0.2, 0) is 9.16 Å². The van der Waals surface area contributed by atoms with Crippen molar-refractivity contribution in [2.45, 2.75) is 83.7 Å². The zero-order valence-electron chi connectivity index (χ0n) is 14.2. The summed E-state index contributed by atoms with van der Waals surface area (Å²) in [6.45, 7) is 14.7. The highest BCUT2D eigenvalue weighted by molar-refractivity contribution is 6.74. The van der Waals surface area contributed by atoms with Crippen LogP contribution < -0.4 is 0 Å². The fourth-order valence-corrected chi connectivity index (χ4v) is 3.47. The number of hydrogen-bond donors (Lipinski definition) is 1. The summed E-state index contributed by atoms with van der Waals surface area (Å²) in [5, 5.41) is 9.11. The number of unbranched alkanes of at least 4 members (excludes halogenated alkanes) is 1. The summed E-state index contributed by atoms with van der Waals surface area (Å²) in [5.74, 6) is 0.613. The van der Waals surface area contributed by atoms with Gasteiger partial charge in [0.25, 0.3) is 0 Å². The van der Waals surface area contributed by atoms with Crippen molar-refractivity contribution in [1.29, 1.82) is 0 Å². The van der Waals surface area contributed by atoms with Crippen LogP contribution >= 0.6 is 0 Å². The lowest BCUT2D eigenvalue weighted by atomic mass is 9.98. The predicted molar refractivity (Wildman–Crippen MR) is 86.5 cm³/mol. The van der Waals surface area contributed by atoms with E-state index >= 15 is 0 Å². The van der Waals surface area contributed by atoms with Gasteiger partial charge >= 0.3 is 0 Å². The van der Waals surface area contributed by atoms with Crippen LogP contribution in [0.1, 0.15) is 53.4 Å². The van der Waals surface area contributed by atoms with E-state index in [4.69, 9.17) is 14.3 Å². The highest BCUT2D eigenvalue weighted by Gasteiger charge is 2.39. The second kappa shape index (κ2) is 7.39. The Morgan fingerprint density at radius 2 is 1.90 bits per heavy atom. The van der Waals surface area contributed by atoms with E-state index in [2.05, 4.69) is 40.8 Å². The van der Waals surface area contributed by atoms with Crippen molar-refractivity contribution < 1.29 is 14.3 Å². The van der Waals surface area contributed by atoms with Crippen molar-refractivity contribution in [3.63, 3.8) is 0 Å². The van der Waals surface area contributed by atoms with Crippen LogP contribution in [0.2, 0.25) is 18.1 Å². The summed E-state index contributed by atoms with van der Waals surface area (Å²) in [6.07, 6.45) is 4.74. The van der Waals surface area contributed by atoms with E-state index < -0.39 is 8.32 Å². The van der Waals surface area contributed by atoms with Crippen LogP contribution in [0.5, 0.6) is 0 Å². The summed E-state index contributed by atoms with van der Waals surface area (Å²) in [7, 11) is -1.66. The number of aliphatic hydroxyl groups is 1. The largest absolute Gasteiger partial charge is 0.414 e. The summed E-state index contributed by atoms with van der Waals surface area (Å²) in [4.78, 5) is 0. The van der Waals surface area contributed by atoms with Crippen molar-refractivity contribution in [3.8, 4) is 0 Å². The maximum atomic E-state index is 8.85. The molecule has 0 saturated carbocycles. The molecule has 1 fully saturated rings. The highest BCUT2D eigenvalue weighted by atomic mass is 28.4. The molecule has 0 spiro atoms. The Labute approximate surface area is 126 Å². The van der Waals surface area contributed by atoms with E-state index in [0.29, 0.717) is 18.6 Å². The van der Waals surface area contributed by atoms with Gasteiger partial charge < -0.3 is 14.3 Å². The van der Waals surface area contributed by atoms with Crippen LogP contribution in [0.25, 0.3) is 0 Å². The molecule has 3 atom stereocenters. The molecule has 1 aliphatic rings. The number of hydrogen-bond acceptors (Lipinski definition) is 3. The average molecular weight is 303 g/mol. The Bertz CT molecular complexity index is 286. The normalized spacial score (nSPS) is 28.1. The molecule has 1 rings (SSSR count). The Hall–Kier alpha value is 0.0969. The molecule has 3 nitrogen and oxygen atoms in total. The van der Waals surface area contributed by atoms with Crippen molar-refractivity contribution in [3.05, 3.63) is 0 Å². The zero-order chi connectivity index (χ0) is 15.4. The lowest BCUT2D eigenvalue weighted by Gasteiger charge is -2.36. The Morgan fingerprint density at radius 3 is 2.45 bits per heavy atom. The summed E-state index contributed by atoms with van der Waals surface area (Å²) in [6, 6.07) is 0. The molecule has 0 aromatic heterocycles. The monoisotopic (exact) mass is 302 g/mol. The lowest BCUT2D eigenvalue weighted by molar-refractivity contribution is 0.00396. The van der Waals surface area contributed by atoms with Crippen LogP contribution in [0.3, 0.4) is 0 Å². The molecule has 1 N–H and O–H groups in total. The highest BCUT2D eigenvalue weighted by Crippen LogP contribution is 2.37. The molecule has 1 saturated heterocycles. The fourth-order valence-electron chi connectivity index (χ4n) is 2.44. The molecule has 120 valence electrons. The Morgan fingerprint density at radius 1 is 1.25 bits per heavy atom. The lowest BCUT2D eigenvalue weighted by Crippen LogP contribution is -2.42. The fraction of sp³-hybridized carbons (Fsp3) is 1.00. The number of aliphatic hydroxyl groups excluding tert-OH is 1. The Kier molecular flexibility index (Phi) is 6.70. The van der Waals surface area contributed by atoms with Gasteiger partial charge in [0.1, 0.15) is 0 Å². The minimum Gasteiger partial charge on any atom is -0.414 e. The molecule has 0 aliphatic carbocycles. The van der Waals surface area contributed by atoms with Gasteiger partial charge in [0, 0.05) is 6.61 Å². The first-order valence-corrected chi connectivity index (χ1v) is 11.0. The zero-order valence-corrected chi connectivity index (χ0v) is 15.2. The maximum absolute atomic E-state index is 8.85. The Balaban J connectivity index is 2.36. The molecule has 0 aromatic carbocycles. The van der Waals surface area contributed by atoms with Crippen LogP contribution in [0.4, 0.5) is 0 Å². The molecule has 20 heavy (non-hydrogen) atoms. The summed E-state index contributed by atoms with van der Waals surface area (Å²) < 4.78 is 12.4. The molecule has 1 heterocycles. The van der Waals surface area contributed by atoms with Gasteiger partial charge in [0.15, 0.2) is 8.32 Å². The van der Waals surface area contributed by atoms with E-state index in [0.717, 1.165) is 32.3 Å². The first-order chi connectivity index (χ1) is 9.17. The van der Waals surface area contributed by atoms with E-state index in [1.165, 1.54) is 0 Å². The standard InChI is InChI=1S/C16H34O3Si/c1-13-11-14(19-15(13)9-7-8-10-17)12-18-20(5,6)16(2,3)4/h13-15,17H,7-12H2,1-6H3/t13-,14+,15-/m0/s1. The maximum Gasteiger partial charge on any atom is 0.192 e. The first-order valence-electron chi connectivity index (χ1n) is 8.07. The van der Waals surface area contributed by atoms with Gasteiger partial charge in [-0.1, -0.05) is 27.7 Å². The molecular weight excluding hydrogens is 268 g/mol. The van der Waals surface area contributed by atoms with Crippen molar-refractivity contribution in [2.75, 3.05) is 13.2 Å². The van der Waals surface area contributed by atoms with Crippen molar-refractivity contribution in [2.24, 2.45) is 5.92 Å². The van der Waals surface area contributed by atoms with Gasteiger partial charge in [-0.2, -0.15) is 0 Å². The van der Waals surface area contributed by atoms with Gasteiger partial charge in [-0.3, -0.25) is 0 Å². The van der Waals surface area contributed by atoms with Crippen LogP contribution in [0, 0.1) is 5.92 Å². The van der Waals surface area contributed by atoms with E-state index in [9.17, 15) is 0 Å². The molecule has 0 amide bonds. The molecule has 0 unspecified atom stereocenters. The number of ether oxygens (including phenoxy) is 1. The average Bonchev–Trinajstić information content (AvgIpc) is 2.67. The van der Waals surface area contributed by atoms with Gasteiger partial charge in [0.05, 0.1) is 18.8 Å². The smallest absolute Gasteiger partial charge is 0.192 e. The number of rotatable bonds is 7. The van der Waals surface area contributed by atoms with Gasteiger partial charge in [0.2, 0.25) is 0 Å². The van der Waals surface area contributed by atoms with Crippen molar-refractivity contribution in [1.82, 2.24) is 0 Å². The van der Waals surface area contributed by atoms with E-state index in [1.54, 1.807) is 0 Å². The topological polar surface area (TPSA) is 38.7 Å². The predicted octanol–water partition coefficient (Wildman–Crippen LogP) is 3.96. The third-order valence-corrected chi connectivity index (χ3v) is 9.47. The molecule has 0 radical (unpaired) electrons. The van der Waals surface area contributed by atoms with Gasteiger partial charge in [-0.25, -0.2) is 0 Å². The summed E-state index contributed by atoms with van der Waals surface area (Å²) in [5.41, 5.74) is 0. The minimum atomic E-state index is -1.66. The molecule has 4 heteroatoms. The third-order valence-electron chi connectivity index (χ3n) is 4.97. The summed E-state index contributed by atoms with van der Waals surface area (Å²) >= 11 is 0. The molecule has 1 aliphatic heterocycles. The molecular formula is C16H34O3Si. The van der Waals surface area contributed by atoms with Gasteiger partial charge in [-0.15, -0.1) is 0 Å².